The van der Waals surface area contributed by atoms with E-state index in [1.165, 1.54) is 25.3 Å². The summed E-state index contributed by atoms with van der Waals surface area (Å²) in [4.78, 5) is 23.4. The number of nitrogens with one attached hydrogen (secondary N) is 1. The summed E-state index contributed by atoms with van der Waals surface area (Å²) < 4.78 is 10.7. The van der Waals surface area contributed by atoms with Crippen LogP contribution in [0.5, 0.6) is 5.75 Å². The highest BCUT2D eigenvalue weighted by Crippen LogP contribution is 2.44. The second kappa shape index (κ2) is 6.70. The lowest BCUT2D eigenvalue weighted by molar-refractivity contribution is -0.384. The molecular weight excluding hydrogens is 352 g/mol. The molecule has 2 aromatic rings. The molecule has 1 aliphatic carbocycles. The molecule has 1 atom stereocenters. The number of ether oxygens (including phenoxy) is 1. The van der Waals surface area contributed by atoms with Gasteiger partial charge >= 0.3 is 0 Å². The highest BCUT2D eigenvalue weighted by atomic mass is 16.6. The van der Waals surface area contributed by atoms with Gasteiger partial charge in [-0.05, 0) is 30.9 Å². The average Bonchev–Trinajstić information content (AvgIpc) is 2.90. The molecule has 0 spiro atoms. The second-order valence-electron chi connectivity index (χ2n) is 7.55. The molecule has 8 heteroatoms. The van der Waals surface area contributed by atoms with Crippen molar-refractivity contribution in [2.45, 2.75) is 39.7 Å². The molecule has 0 radical (unpaired) electrons. The van der Waals surface area contributed by atoms with Gasteiger partial charge in [-0.3, -0.25) is 14.9 Å². The number of rotatable bonds is 4. The smallest absolute Gasteiger partial charge is 0.296 e. The minimum Gasteiger partial charge on any atom is -0.496 e. The van der Waals surface area contributed by atoms with Crippen LogP contribution in [0.25, 0.3) is 0 Å². The Kier molecular flexibility index (Phi) is 4.69. The van der Waals surface area contributed by atoms with Crippen molar-refractivity contribution in [3.8, 4) is 5.75 Å². The molecule has 1 aromatic heterocycles. The van der Waals surface area contributed by atoms with E-state index in [2.05, 4.69) is 5.32 Å². The van der Waals surface area contributed by atoms with Crippen LogP contribution in [0.2, 0.25) is 0 Å². The van der Waals surface area contributed by atoms with Gasteiger partial charge in [-0.2, -0.15) is 0 Å². The number of benzene rings is 1. The summed E-state index contributed by atoms with van der Waals surface area (Å²) >= 11 is 0. The van der Waals surface area contributed by atoms with E-state index in [1.807, 2.05) is 13.8 Å². The van der Waals surface area contributed by atoms with Crippen molar-refractivity contribution in [3.63, 3.8) is 0 Å². The van der Waals surface area contributed by atoms with Gasteiger partial charge in [0.05, 0.1) is 24.2 Å². The first-order valence-corrected chi connectivity index (χ1v) is 8.57. The second-order valence-corrected chi connectivity index (χ2v) is 7.55. The Balaban J connectivity index is 1.94. The molecule has 2 N–H and O–H groups in total. The predicted molar refractivity (Wildman–Crippen MR) is 98.1 cm³/mol. The van der Waals surface area contributed by atoms with Gasteiger partial charge in [-0.25, -0.2) is 0 Å². The SMILES string of the molecule is COc1ccc(NC(=O)c2oc3c(c2C)C(O)CC(C)(C)C3)c([N+](=O)[O-])c1. The maximum atomic E-state index is 12.7. The zero-order chi connectivity index (χ0) is 19.9. The number of anilines is 1. The van der Waals surface area contributed by atoms with E-state index in [0.29, 0.717) is 35.5 Å². The molecule has 3 rings (SSSR count). The fraction of sp³-hybridized carbons (Fsp3) is 0.421. The zero-order valence-electron chi connectivity index (χ0n) is 15.7. The summed E-state index contributed by atoms with van der Waals surface area (Å²) in [7, 11) is 1.40. The number of carbonyl (C=O) groups is 1. The number of fused-ring (bicyclic) bond motifs is 1. The number of furan rings is 1. The first-order chi connectivity index (χ1) is 12.6. The van der Waals surface area contributed by atoms with E-state index in [0.717, 1.165) is 0 Å². The topological polar surface area (TPSA) is 115 Å². The first-order valence-electron chi connectivity index (χ1n) is 8.57. The zero-order valence-corrected chi connectivity index (χ0v) is 15.7. The third-order valence-corrected chi connectivity index (χ3v) is 4.84. The van der Waals surface area contributed by atoms with Crippen molar-refractivity contribution in [1.82, 2.24) is 0 Å². The Labute approximate surface area is 156 Å². The van der Waals surface area contributed by atoms with Crippen molar-refractivity contribution < 1.29 is 24.0 Å². The number of methoxy groups -OCH3 is 1. The Bertz CT molecular complexity index is 915. The summed E-state index contributed by atoms with van der Waals surface area (Å²) in [6, 6.07) is 4.17. The molecule has 1 aromatic carbocycles. The summed E-state index contributed by atoms with van der Waals surface area (Å²) in [5, 5.41) is 24.3. The van der Waals surface area contributed by atoms with Gasteiger partial charge < -0.3 is 19.6 Å². The number of hydrogen-bond donors (Lipinski definition) is 2. The lowest BCUT2D eigenvalue weighted by atomic mass is 9.75. The van der Waals surface area contributed by atoms with Crippen molar-refractivity contribution in [2.75, 3.05) is 12.4 Å². The quantitative estimate of drug-likeness (QED) is 0.622. The van der Waals surface area contributed by atoms with Crippen LogP contribution in [-0.2, 0) is 6.42 Å². The highest BCUT2D eigenvalue weighted by Gasteiger charge is 2.37. The van der Waals surface area contributed by atoms with Crippen LogP contribution in [-0.4, -0.2) is 23.0 Å². The third kappa shape index (κ3) is 3.52. The molecule has 0 saturated heterocycles. The maximum Gasteiger partial charge on any atom is 0.296 e. The Morgan fingerprint density at radius 1 is 1.44 bits per heavy atom. The van der Waals surface area contributed by atoms with Crippen LogP contribution in [0.3, 0.4) is 0 Å². The highest BCUT2D eigenvalue weighted by molar-refractivity contribution is 6.04. The van der Waals surface area contributed by atoms with Crippen molar-refractivity contribution >= 4 is 17.3 Å². The summed E-state index contributed by atoms with van der Waals surface area (Å²) in [5.74, 6) is 0.363. The van der Waals surface area contributed by atoms with Gasteiger partial charge in [0, 0.05) is 17.5 Å². The minimum atomic E-state index is -0.704. The summed E-state index contributed by atoms with van der Waals surface area (Å²) in [6.45, 7) is 5.76. The van der Waals surface area contributed by atoms with Gasteiger partial charge in [0.2, 0.25) is 0 Å². The van der Waals surface area contributed by atoms with E-state index in [1.54, 1.807) is 6.92 Å². The van der Waals surface area contributed by atoms with Crippen LogP contribution in [0.1, 0.15) is 53.8 Å². The molecule has 0 aliphatic heterocycles. The number of amides is 1. The molecule has 27 heavy (non-hydrogen) atoms. The fourth-order valence-electron chi connectivity index (χ4n) is 3.58. The number of hydrogen-bond acceptors (Lipinski definition) is 6. The number of nitrogens with zero attached hydrogens (tertiary/aromatic N) is 1. The van der Waals surface area contributed by atoms with Crippen LogP contribution >= 0.6 is 0 Å². The minimum absolute atomic E-state index is 0.0421. The van der Waals surface area contributed by atoms with Gasteiger partial charge in [0.1, 0.15) is 17.2 Å². The standard InChI is InChI=1S/C19H22N2O6/c1-10-16-14(22)8-19(2,3)9-15(16)27-17(10)18(23)20-12-6-5-11(26-4)7-13(12)21(24)25/h5-7,14,22H,8-9H2,1-4H3,(H,20,23). The molecule has 0 fully saturated rings. The average molecular weight is 374 g/mol. The molecular formula is C19H22N2O6. The fourth-order valence-corrected chi connectivity index (χ4v) is 3.58. The van der Waals surface area contributed by atoms with Crippen LogP contribution in [0.15, 0.2) is 22.6 Å². The lowest BCUT2D eigenvalue weighted by Gasteiger charge is -2.31. The van der Waals surface area contributed by atoms with Gasteiger partial charge in [0.15, 0.2) is 5.76 Å². The van der Waals surface area contributed by atoms with Crippen LogP contribution in [0.4, 0.5) is 11.4 Å². The van der Waals surface area contributed by atoms with Crippen molar-refractivity contribution in [1.29, 1.82) is 0 Å². The lowest BCUT2D eigenvalue weighted by Crippen LogP contribution is -2.24. The monoisotopic (exact) mass is 374 g/mol. The molecule has 0 saturated carbocycles. The summed E-state index contributed by atoms with van der Waals surface area (Å²) in [5.41, 5.74) is 0.822. The summed E-state index contributed by atoms with van der Waals surface area (Å²) in [6.07, 6.45) is 0.478. The number of nitro benzene ring substituents is 1. The van der Waals surface area contributed by atoms with E-state index in [4.69, 9.17) is 9.15 Å². The van der Waals surface area contributed by atoms with E-state index in [9.17, 15) is 20.0 Å². The van der Waals surface area contributed by atoms with Gasteiger partial charge in [-0.15, -0.1) is 0 Å². The molecule has 8 nitrogen and oxygen atoms in total. The Morgan fingerprint density at radius 3 is 2.78 bits per heavy atom. The number of carbonyl (C=O) groups excluding carboxylic acids is 1. The number of aliphatic hydroxyl groups is 1. The molecule has 1 heterocycles. The van der Waals surface area contributed by atoms with E-state index < -0.39 is 16.9 Å². The molecule has 144 valence electrons. The number of aliphatic hydroxyl groups excluding tert-OH is 1. The van der Waals surface area contributed by atoms with Crippen LogP contribution in [0, 0.1) is 22.5 Å². The normalized spacial score (nSPS) is 17.9. The van der Waals surface area contributed by atoms with Crippen LogP contribution < -0.4 is 10.1 Å². The molecule has 0 bridgehead atoms. The van der Waals surface area contributed by atoms with Crippen molar-refractivity contribution in [2.24, 2.45) is 5.41 Å². The van der Waals surface area contributed by atoms with Gasteiger partial charge in [0.25, 0.3) is 11.6 Å². The van der Waals surface area contributed by atoms with E-state index in [-0.39, 0.29) is 22.6 Å². The maximum absolute atomic E-state index is 12.7. The Morgan fingerprint density at radius 2 is 2.15 bits per heavy atom. The largest absolute Gasteiger partial charge is 0.496 e. The molecule has 1 aliphatic rings. The first kappa shape index (κ1) is 18.9. The predicted octanol–water partition coefficient (Wildman–Crippen LogP) is 3.76. The molecule has 1 unspecified atom stereocenters. The number of nitro groups is 1. The van der Waals surface area contributed by atoms with Crippen molar-refractivity contribution in [3.05, 3.63) is 51.0 Å². The van der Waals surface area contributed by atoms with E-state index >= 15 is 0 Å². The Hall–Kier alpha value is -2.87. The van der Waals surface area contributed by atoms with Gasteiger partial charge in [-0.1, -0.05) is 13.8 Å². The molecule has 1 amide bonds. The third-order valence-electron chi connectivity index (χ3n) is 4.84.